The highest BCUT2D eigenvalue weighted by Crippen LogP contribution is 2.35. The van der Waals surface area contributed by atoms with Crippen molar-refractivity contribution in [1.82, 2.24) is 10.2 Å². The Hall–Kier alpha value is -1.39. The molecule has 2 aliphatic heterocycles. The number of aryl methyl sites for hydroxylation is 1. The first-order chi connectivity index (χ1) is 10.1. The van der Waals surface area contributed by atoms with Crippen molar-refractivity contribution in [2.45, 2.75) is 57.3 Å². The molecule has 1 aromatic rings. The molecule has 4 nitrogen and oxygen atoms in total. The van der Waals surface area contributed by atoms with Crippen LogP contribution in [0, 0.1) is 6.92 Å². The fraction of sp³-hybridized carbons (Fsp3) is 0.588. The smallest absolute Gasteiger partial charge is 0.234 e. The van der Waals surface area contributed by atoms with Gasteiger partial charge in [0.1, 0.15) is 0 Å². The van der Waals surface area contributed by atoms with Crippen molar-refractivity contribution >= 4 is 5.91 Å². The van der Waals surface area contributed by atoms with Crippen LogP contribution in [-0.4, -0.2) is 40.6 Å². The van der Waals surface area contributed by atoms with Crippen LogP contribution in [0.5, 0.6) is 0 Å². The molecule has 2 unspecified atom stereocenters. The molecule has 4 heteroatoms. The minimum absolute atomic E-state index is 0.0869. The molecular weight excluding hydrogens is 264 g/mol. The van der Waals surface area contributed by atoms with E-state index in [4.69, 9.17) is 0 Å². The van der Waals surface area contributed by atoms with Crippen LogP contribution in [0.15, 0.2) is 24.3 Å². The number of piperidine rings is 1. The van der Waals surface area contributed by atoms with E-state index in [1.807, 2.05) is 0 Å². The van der Waals surface area contributed by atoms with E-state index in [1.54, 1.807) is 0 Å². The van der Waals surface area contributed by atoms with Gasteiger partial charge in [-0.25, -0.2) is 0 Å². The van der Waals surface area contributed by atoms with Gasteiger partial charge < -0.3 is 10.4 Å². The lowest BCUT2D eigenvalue weighted by molar-refractivity contribution is -0.124. The number of hydrogen-bond donors (Lipinski definition) is 2. The summed E-state index contributed by atoms with van der Waals surface area (Å²) in [5.41, 5.74) is 2.36. The van der Waals surface area contributed by atoms with Gasteiger partial charge in [0.05, 0.1) is 12.6 Å². The summed E-state index contributed by atoms with van der Waals surface area (Å²) in [6.07, 6.45) is 3.71. The molecule has 2 atom stereocenters. The fourth-order valence-corrected chi connectivity index (χ4v) is 3.63. The zero-order chi connectivity index (χ0) is 14.8. The second-order valence-electron chi connectivity index (χ2n) is 6.44. The SMILES string of the molecule is Cc1ccc(CNC(=O)CN2C3CCC2CC(O)C3)cc1. The van der Waals surface area contributed by atoms with Gasteiger partial charge in [0.2, 0.25) is 5.91 Å². The third-order valence-corrected chi connectivity index (χ3v) is 4.80. The highest BCUT2D eigenvalue weighted by molar-refractivity contribution is 5.78. The summed E-state index contributed by atoms with van der Waals surface area (Å²) in [7, 11) is 0. The van der Waals surface area contributed by atoms with E-state index in [2.05, 4.69) is 41.4 Å². The van der Waals surface area contributed by atoms with Gasteiger partial charge >= 0.3 is 0 Å². The third-order valence-electron chi connectivity index (χ3n) is 4.80. The normalized spacial score (nSPS) is 28.6. The van der Waals surface area contributed by atoms with E-state index in [0.29, 0.717) is 25.2 Å². The number of nitrogens with zero attached hydrogens (tertiary/aromatic N) is 1. The molecule has 0 saturated carbocycles. The lowest BCUT2D eigenvalue weighted by atomic mass is 10.00. The van der Waals surface area contributed by atoms with Gasteiger partial charge in [-0.1, -0.05) is 29.8 Å². The van der Waals surface area contributed by atoms with E-state index in [0.717, 1.165) is 31.2 Å². The number of hydrogen-bond acceptors (Lipinski definition) is 3. The minimum Gasteiger partial charge on any atom is -0.393 e. The van der Waals surface area contributed by atoms with E-state index >= 15 is 0 Å². The van der Waals surface area contributed by atoms with E-state index in [9.17, 15) is 9.90 Å². The molecule has 2 aliphatic rings. The number of fused-ring (bicyclic) bond motifs is 2. The monoisotopic (exact) mass is 288 g/mol. The molecular formula is C17H24N2O2. The largest absolute Gasteiger partial charge is 0.393 e. The summed E-state index contributed by atoms with van der Waals surface area (Å²) in [6, 6.07) is 9.02. The Morgan fingerprint density at radius 3 is 2.48 bits per heavy atom. The van der Waals surface area contributed by atoms with Crippen molar-refractivity contribution in [1.29, 1.82) is 0 Å². The van der Waals surface area contributed by atoms with Crippen LogP contribution in [0.25, 0.3) is 0 Å². The van der Waals surface area contributed by atoms with Crippen molar-refractivity contribution in [2.24, 2.45) is 0 Å². The van der Waals surface area contributed by atoms with E-state index in [1.165, 1.54) is 5.56 Å². The van der Waals surface area contributed by atoms with E-state index in [-0.39, 0.29) is 12.0 Å². The van der Waals surface area contributed by atoms with Crippen LogP contribution in [-0.2, 0) is 11.3 Å². The Kier molecular flexibility index (Phi) is 4.27. The fourth-order valence-electron chi connectivity index (χ4n) is 3.63. The standard InChI is InChI=1S/C17H24N2O2/c1-12-2-4-13(5-3-12)10-18-17(21)11-19-14-6-7-15(19)9-16(20)8-14/h2-5,14-16,20H,6-11H2,1H3,(H,18,21). The number of nitrogens with one attached hydrogen (secondary N) is 1. The predicted molar refractivity (Wildman–Crippen MR) is 81.8 cm³/mol. The summed E-state index contributed by atoms with van der Waals surface area (Å²) in [5.74, 6) is 0.0869. The van der Waals surface area contributed by atoms with Crippen LogP contribution in [0.2, 0.25) is 0 Å². The molecule has 0 aliphatic carbocycles. The Labute approximate surface area is 126 Å². The number of aliphatic hydroxyl groups excluding tert-OH is 1. The molecule has 21 heavy (non-hydrogen) atoms. The van der Waals surface area contributed by atoms with Gasteiger partial charge in [0.25, 0.3) is 0 Å². The summed E-state index contributed by atoms with van der Waals surface area (Å²) >= 11 is 0. The van der Waals surface area contributed by atoms with Crippen molar-refractivity contribution < 1.29 is 9.90 Å². The summed E-state index contributed by atoms with van der Waals surface area (Å²) in [4.78, 5) is 14.4. The first-order valence-corrected chi connectivity index (χ1v) is 7.88. The number of aliphatic hydroxyl groups is 1. The molecule has 1 aromatic carbocycles. The van der Waals surface area contributed by atoms with Crippen molar-refractivity contribution in [3.8, 4) is 0 Å². The Bertz CT molecular complexity index is 486. The van der Waals surface area contributed by atoms with E-state index < -0.39 is 0 Å². The maximum Gasteiger partial charge on any atom is 0.234 e. The van der Waals surface area contributed by atoms with Crippen LogP contribution in [0.3, 0.4) is 0 Å². The first kappa shape index (κ1) is 14.5. The van der Waals surface area contributed by atoms with Crippen LogP contribution in [0.1, 0.15) is 36.8 Å². The first-order valence-electron chi connectivity index (χ1n) is 7.88. The minimum atomic E-state index is -0.172. The number of benzene rings is 1. The van der Waals surface area contributed by atoms with Crippen LogP contribution in [0.4, 0.5) is 0 Å². The molecule has 3 rings (SSSR count). The van der Waals surface area contributed by atoms with Crippen molar-refractivity contribution in [2.75, 3.05) is 6.54 Å². The van der Waals surface area contributed by atoms with Gasteiger partial charge in [-0.15, -0.1) is 0 Å². The maximum absolute atomic E-state index is 12.1. The Morgan fingerprint density at radius 2 is 1.86 bits per heavy atom. The number of carbonyl (C=O) groups excluding carboxylic acids is 1. The lowest BCUT2D eigenvalue weighted by Crippen LogP contribution is -2.48. The Morgan fingerprint density at radius 1 is 1.24 bits per heavy atom. The highest BCUT2D eigenvalue weighted by atomic mass is 16.3. The molecule has 114 valence electrons. The number of amides is 1. The molecule has 0 aromatic heterocycles. The van der Waals surface area contributed by atoms with Gasteiger partial charge in [-0.2, -0.15) is 0 Å². The average Bonchev–Trinajstić information content (AvgIpc) is 2.70. The average molecular weight is 288 g/mol. The topological polar surface area (TPSA) is 52.6 Å². The van der Waals surface area contributed by atoms with Crippen molar-refractivity contribution in [3.05, 3.63) is 35.4 Å². The second-order valence-corrected chi connectivity index (χ2v) is 6.44. The summed E-state index contributed by atoms with van der Waals surface area (Å²) in [5, 5.41) is 12.8. The van der Waals surface area contributed by atoms with Gasteiger partial charge in [-0.3, -0.25) is 9.69 Å². The zero-order valence-electron chi connectivity index (χ0n) is 12.6. The molecule has 0 radical (unpaired) electrons. The molecule has 2 N–H and O–H groups in total. The molecule has 0 spiro atoms. The Balaban J connectivity index is 1.49. The predicted octanol–water partition coefficient (Wildman–Crippen LogP) is 1.60. The van der Waals surface area contributed by atoms with Crippen molar-refractivity contribution in [3.63, 3.8) is 0 Å². The quantitative estimate of drug-likeness (QED) is 0.885. The summed E-state index contributed by atoms with van der Waals surface area (Å²) in [6.45, 7) is 3.11. The van der Waals surface area contributed by atoms with Crippen LogP contribution >= 0.6 is 0 Å². The maximum atomic E-state index is 12.1. The lowest BCUT2D eigenvalue weighted by Gasteiger charge is -2.36. The second kappa shape index (κ2) is 6.16. The molecule has 2 saturated heterocycles. The number of carbonyl (C=O) groups is 1. The molecule has 2 bridgehead atoms. The van der Waals surface area contributed by atoms with Gasteiger partial charge in [0, 0.05) is 18.6 Å². The van der Waals surface area contributed by atoms with Gasteiger partial charge in [0.15, 0.2) is 0 Å². The zero-order valence-corrected chi connectivity index (χ0v) is 12.6. The third kappa shape index (κ3) is 3.44. The molecule has 2 heterocycles. The number of rotatable bonds is 4. The highest BCUT2D eigenvalue weighted by Gasteiger charge is 2.40. The van der Waals surface area contributed by atoms with Gasteiger partial charge in [-0.05, 0) is 38.2 Å². The molecule has 1 amide bonds. The molecule has 2 fully saturated rings. The van der Waals surface area contributed by atoms with Crippen LogP contribution < -0.4 is 5.32 Å². The summed E-state index contributed by atoms with van der Waals surface area (Å²) < 4.78 is 0.